The Morgan fingerprint density at radius 3 is 1.27 bits per heavy atom. The Bertz CT molecular complexity index is 376. The second-order valence-electron chi connectivity index (χ2n) is 6.30. The van der Waals surface area contributed by atoms with Gasteiger partial charge in [0, 0.05) is 65.6 Å². The third-order valence-electron chi connectivity index (χ3n) is 4.56. The number of aliphatic hydroxyl groups excluding tert-OH is 2. The van der Waals surface area contributed by atoms with Crippen molar-refractivity contribution in [2.45, 2.75) is 24.9 Å². The quantitative estimate of drug-likeness (QED) is 0.268. The maximum absolute atomic E-state index is 11.4. The van der Waals surface area contributed by atoms with Gasteiger partial charge in [-0.05, 0) is 12.8 Å². The molecule has 2 unspecified atom stereocenters. The van der Waals surface area contributed by atoms with E-state index in [9.17, 15) is 19.8 Å². The van der Waals surface area contributed by atoms with Gasteiger partial charge in [0.1, 0.15) is 12.1 Å². The summed E-state index contributed by atoms with van der Waals surface area (Å²) in [6, 6.07) is -1.44. The molecule has 0 spiro atoms. The van der Waals surface area contributed by atoms with E-state index in [1.54, 1.807) is 0 Å². The van der Waals surface area contributed by atoms with Crippen LogP contribution < -0.4 is 10.6 Å². The second-order valence-corrected chi connectivity index (χ2v) is 6.30. The Morgan fingerprint density at radius 2 is 1.04 bits per heavy atom. The summed E-state index contributed by atoms with van der Waals surface area (Å²) in [6.07, 6.45) is 0.370. The maximum atomic E-state index is 11.4. The molecule has 0 amide bonds. The minimum absolute atomic E-state index is 0.176. The third-order valence-corrected chi connectivity index (χ3v) is 4.56. The molecule has 6 N–H and O–H groups in total. The Labute approximate surface area is 153 Å². The summed E-state index contributed by atoms with van der Waals surface area (Å²) in [7, 11) is 0. The fourth-order valence-electron chi connectivity index (χ4n) is 3.16. The fraction of sp³-hybridized carbons (Fsp3) is 0.875. The van der Waals surface area contributed by atoms with Gasteiger partial charge >= 0.3 is 11.9 Å². The van der Waals surface area contributed by atoms with Gasteiger partial charge in [-0.3, -0.25) is 19.4 Å². The average Bonchev–Trinajstić information content (AvgIpc) is 2.58. The smallest absolute Gasteiger partial charge is 0.321 e. The van der Waals surface area contributed by atoms with Gasteiger partial charge in [-0.1, -0.05) is 0 Å². The highest BCUT2D eigenvalue weighted by atomic mass is 16.4. The molecule has 152 valence electrons. The standard InChI is InChI=1S/C16H32N4O6/c21-11-1-13(15(23)24)19-7-3-17-5-9-20(10-6-18-4-8-19)14(2-12-22)16(25)26/h13-14,17-18,21-22H,1-12H2,(H,23,24)(H,25,26). The molecule has 26 heavy (non-hydrogen) atoms. The zero-order valence-electron chi connectivity index (χ0n) is 15.1. The highest BCUT2D eigenvalue weighted by Crippen LogP contribution is 2.06. The molecular weight excluding hydrogens is 344 g/mol. The molecule has 1 rings (SSSR count). The number of carboxylic acid groups (broad SMARTS) is 2. The van der Waals surface area contributed by atoms with Gasteiger partial charge in [-0.25, -0.2) is 0 Å². The molecule has 0 aromatic carbocycles. The van der Waals surface area contributed by atoms with E-state index in [1.807, 2.05) is 9.80 Å². The molecule has 10 heteroatoms. The molecule has 1 aliphatic heterocycles. The van der Waals surface area contributed by atoms with E-state index in [0.717, 1.165) is 0 Å². The number of rotatable bonds is 8. The first-order valence-electron chi connectivity index (χ1n) is 9.08. The third kappa shape index (κ3) is 7.94. The van der Waals surface area contributed by atoms with Crippen molar-refractivity contribution in [3.05, 3.63) is 0 Å². The molecule has 1 aliphatic rings. The molecule has 0 radical (unpaired) electrons. The second kappa shape index (κ2) is 13.0. The lowest BCUT2D eigenvalue weighted by Gasteiger charge is -2.31. The van der Waals surface area contributed by atoms with Crippen molar-refractivity contribution in [2.75, 3.05) is 65.6 Å². The van der Waals surface area contributed by atoms with E-state index < -0.39 is 24.0 Å². The average molecular weight is 376 g/mol. The van der Waals surface area contributed by atoms with Gasteiger partial charge in [-0.15, -0.1) is 0 Å². The summed E-state index contributed by atoms with van der Waals surface area (Å²) in [4.78, 5) is 26.5. The lowest BCUT2D eigenvalue weighted by molar-refractivity contribution is -0.144. The van der Waals surface area contributed by atoms with E-state index in [4.69, 9.17) is 10.2 Å². The molecule has 0 bridgehead atoms. The predicted octanol–water partition coefficient (Wildman–Crippen LogP) is -2.55. The number of aliphatic hydroxyl groups is 2. The number of carbonyl (C=O) groups is 2. The summed E-state index contributed by atoms with van der Waals surface area (Å²) in [5.41, 5.74) is 0. The summed E-state index contributed by atoms with van der Waals surface area (Å²) in [5.74, 6) is -1.88. The molecule has 10 nitrogen and oxygen atoms in total. The van der Waals surface area contributed by atoms with E-state index >= 15 is 0 Å². The number of nitrogens with zero attached hydrogens (tertiary/aromatic N) is 2. The van der Waals surface area contributed by atoms with Crippen molar-refractivity contribution >= 4 is 11.9 Å². The fourth-order valence-corrected chi connectivity index (χ4v) is 3.16. The maximum Gasteiger partial charge on any atom is 0.321 e. The van der Waals surface area contributed by atoms with E-state index in [0.29, 0.717) is 52.4 Å². The summed E-state index contributed by atoms with van der Waals surface area (Å²) in [6.45, 7) is 4.03. The van der Waals surface area contributed by atoms with Crippen LogP contribution in [0.1, 0.15) is 12.8 Å². The van der Waals surface area contributed by atoms with Crippen molar-refractivity contribution in [2.24, 2.45) is 0 Å². The Morgan fingerprint density at radius 1 is 0.731 bits per heavy atom. The molecule has 1 fully saturated rings. The number of nitrogens with one attached hydrogen (secondary N) is 2. The first-order valence-corrected chi connectivity index (χ1v) is 9.08. The van der Waals surface area contributed by atoms with E-state index in [1.165, 1.54) is 0 Å². The first kappa shape index (κ1) is 22.7. The highest BCUT2D eigenvalue weighted by Gasteiger charge is 2.26. The first-order chi connectivity index (χ1) is 12.5. The molecular formula is C16H32N4O6. The van der Waals surface area contributed by atoms with Crippen LogP contribution in [0.25, 0.3) is 0 Å². The van der Waals surface area contributed by atoms with Crippen LogP contribution in [0.5, 0.6) is 0 Å². The summed E-state index contributed by atoms with van der Waals surface area (Å²) >= 11 is 0. The normalized spacial score (nSPS) is 21.3. The number of hydrogen-bond acceptors (Lipinski definition) is 8. The van der Waals surface area contributed by atoms with Crippen molar-refractivity contribution in [3.8, 4) is 0 Å². The number of carboxylic acids is 2. The lowest BCUT2D eigenvalue weighted by Crippen LogP contribution is -2.51. The Balaban J connectivity index is 2.64. The largest absolute Gasteiger partial charge is 0.480 e. The van der Waals surface area contributed by atoms with Crippen LogP contribution in [0.2, 0.25) is 0 Å². The molecule has 1 heterocycles. The monoisotopic (exact) mass is 376 g/mol. The van der Waals surface area contributed by atoms with Gasteiger partial charge in [0.05, 0.1) is 0 Å². The van der Waals surface area contributed by atoms with Gasteiger partial charge in [0.15, 0.2) is 0 Å². The van der Waals surface area contributed by atoms with E-state index in [2.05, 4.69) is 10.6 Å². The summed E-state index contributed by atoms with van der Waals surface area (Å²) in [5, 5.41) is 43.4. The van der Waals surface area contributed by atoms with Gasteiger partial charge < -0.3 is 31.1 Å². The minimum atomic E-state index is -0.939. The van der Waals surface area contributed by atoms with Crippen LogP contribution in [-0.4, -0.2) is 120 Å². The molecule has 0 aromatic rings. The van der Waals surface area contributed by atoms with Gasteiger partial charge in [0.25, 0.3) is 0 Å². The van der Waals surface area contributed by atoms with Gasteiger partial charge in [0.2, 0.25) is 0 Å². The van der Waals surface area contributed by atoms with Crippen molar-refractivity contribution < 1.29 is 30.0 Å². The Kier molecular flexibility index (Phi) is 11.3. The summed E-state index contributed by atoms with van der Waals surface area (Å²) < 4.78 is 0. The van der Waals surface area contributed by atoms with Gasteiger partial charge in [-0.2, -0.15) is 0 Å². The number of aliphatic carboxylic acids is 2. The zero-order valence-corrected chi connectivity index (χ0v) is 15.1. The van der Waals surface area contributed by atoms with Crippen molar-refractivity contribution in [1.82, 2.24) is 20.4 Å². The van der Waals surface area contributed by atoms with Crippen LogP contribution in [0.3, 0.4) is 0 Å². The predicted molar refractivity (Wildman–Crippen MR) is 95.1 cm³/mol. The Hall–Kier alpha value is -1.30. The lowest BCUT2D eigenvalue weighted by atomic mass is 10.1. The molecule has 1 saturated heterocycles. The van der Waals surface area contributed by atoms with Crippen LogP contribution >= 0.6 is 0 Å². The zero-order chi connectivity index (χ0) is 19.4. The van der Waals surface area contributed by atoms with Crippen molar-refractivity contribution in [3.63, 3.8) is 0 Å². The minimum Gasteiger partial charge on any atom is -0.480 e. The van der Waals surface area contributed by atoms with E-state index in [-0.39, 0.29) is 26.1 Å². The van der Waals surface area contributed by atoms with Crippen molar-refractivity contribution in [1.29, 1.82) is 0 Å². The topological polar surface area (TPSA) is 146 Å². The molecule has 0 saturated carbocycles. The molecule has 0 aromatic heterocycles. The van der Waals surface area contributed by atoms with Crippen LogP contribution in [0.4, 0.5) is 0 Å². The molecule has 0 aliphatic carbocycles. The van der Waals surface area contributed by atoms with Crippen LogP contribution in [-0.2, 0) is 9.59 Å². The highest BCUT2D eigenvalue weighted by molar-refractivity contribution is 5.73. The number of hydrogen-bond donors (Lipinski definition) is 6. The van der Waals surface area contributed by atoms with Crippen LogP contribution in [0.15, 0.2) is 0 Å². The molecule has 2 atom stereocenters. The SMILES string of the molecule is O=C(O)C(CCO)N1CCNCCN(C(CCO)C(=O)O)CCNCC1. The van der Waals surface area contributed by atoms with Crippen LogP contribution in [0, 0.1) is 0 Å².